The molecular weight excluding hydrogens is 419 g/mol. The molecule has 2 radical (unpaired) electrons. The van der Waals surface area contributed by atoms with Gasteiger partial charge in [-0.1, -0.05) is 0 Å². The SMILES string of the molecule is [Eu].[O]=[V](=[O])[O]P(=O)(O)O.[Y]. The summed E-state index contributed by atoms with van der Waals surface area (Å²) in [5, 5.41) is 0. The van der Waals surface area contributed by atoms with Crippen LogP contribution in [0.4, 0.5) is 0 Å². The van der Waals surface area contributed by atoms with Gasteiger partial charge in [0, 0.05) is 82.1 Å². The summed E-state index contributed by atoms with van der Waals surface area (Å²) in [6.45, 7) is 0. The van der Waals surface area contributed by atoms with Crippen LogP contribution in [0.2, 0.25) is 0 Å². The Kier molecular flexibility index (Phi) is 16.0. The van der Waals surface area contributed by atoms with Gasteiger partial charge in [-0.25, -0.2) is 0 Å². The molecule has 0 aliphatic heterocycles. The van der Waals surface area contributed by atoms with E-state index in [1.54, 1.807) is 0 Å². The number of rotatable bonds is 2. The first-order valence-corrected chi connectivity index (χ1v) is 4.55. The summed E-state index contributed by atoms with van der Waals surface area (Å²) in [4.78, 5) is 15.4. The number of phosphoric acid groups is 1. The molecule has 0 fully saturated rings. The van der Waals surface area contributed by atoms with Gasteiger partial charge in [-0.3, -0.25) is 0 Å². The van der Waals surface area contributed by atoms with E-state index in [-0.39, 0.29) is 82.1 Å². The van der Waals surface area contributed by atoms with Gasteiger partial charge in [-0.05, 0) is 0 Å². The van der Waals surface area contributed by atoms with Crippen LogP contribution in [0.25, 0.3) is 0 Å². The third-order valence-corrected chi connectivity index (χ3v) is 2.14. The molecule has 0 aliphatic rings. The fourth-order valence-electron chi connectivity index (χ4n) is 0.0868. The molecular formula is H2EuO6PVY. The summed E-state index contributed by atoms with van der Waals surface area (Å²) < 4.78 is 31.5. The molecule has 0 atom stereocenters. The Labute approximate surface area is 127 Å². The van der Waals surface area contributed by atoms with Crippen LogP contribution in [0.1, 0.15) is 0 Å². The van der Waals surface area contributed by atoms with Gasteiger partial charge in [-0.15, -0.1) is 0 Å². The number of hydrogen-bond donors (Lipinski definition) is 2. The Balaban J connectivity index is -0.000000245. The molecule has 10 heteroatoms. The zero-order chi connectivity index (χ0) is 6.78. The van der Waals surface area contributed by atoms with Gasteiger partial charge >= 0.3 is 48.4 Å². The van der Waals surface area contributed by atoms with Crippen molar-refractivity contribution in [1.29, 1.82) is 0 Å². The van der Waals surface area contributed by atoms with Gasteiger partial charge < -0.3 is 0 Å². The molecule has 6 nitrogen and oxygen atoms in total. The summed E-state index contributed by atoms with van der Waals surface area (Å²) in [6, 6.07) is 0. The van der Waals surface area contributed by atoms with E-state index in [0.29, 0.717) is 0 Å². The van der Waals surface area contributed by atoms with Crippen molar-refractivity contribution >= 4 is 7.82 Å². The molecule has 0 bridgehead atoms. The maximum atomic E-state index is 9.55. The van der Waals surface area contributed by atoms with Crippen molar-refractivity contribution in [1.82, 2.24) is 0 Å². The smallest absolute Gasteiger partial charge is 0 e. The molecule has 58 valence electrons. The van der Waals surface area contributed by atoms with E-state index in [2.05, 4.69) is 3.45 Å². The monoisotopic (exact) mass is 422 g/mol. The van der Waals surface area contributed by atoms with Crippen molar-refractivity contribution in [3.8, 4) is 0 Å². The van der Waals surface area contributed by atoms with E-state index < -0.39 is 23.2 Å². The second kappa shape index (κ2) is 8.58. The zero-order valence-corrected chi connectivity index (χ0v) is 11.9. The van der Waals surface area contributed by atoms with Crippen molar-refractivity contribution in [2.24, 2.45) is 0 Å². The molecule has 0 spiro atoms. The fourth-order valence-corrected chi connectivity index (χ4v) is 1.07. The normalized spacial score (nSPS) is 9.00. The maximum Gasteiger partial charge on any atom is 0 e. The molecule has 0 aromatic rings. The van der Waals surface area contributed by atoms with Crippen molar-refractivity contribution < 1.29 is 123 Å². The van der Waals surface area contributed by atoms with Crippen LogP contribution in [0.15, 0.2) is 0 Å². The van der Waals surface area contributed by atoms with Crippen molar-refractivity contribution in [3.05, 3.63) is 0 Å². The average molecular weight is 421 g/mol. The molecule has 0 heterocycles. The van der Waals surface area contributed by atoms with Gasteiger partial charge in [0.25, 0.3) is 0 Å². The minimum Gasteiger partial charge on any atom is 0 e. The second-order valence-corrected chi connectivity index (χ2v) is 3.40. The van der Waals surface area contributed by atoms with Crippen LogP contribution in [-0.4, -0.2) is 9.79 Å². The molecule has 0 aliphatic carbocycles. The Morgan fingerprint density at radius 3 is 1.60 bits per heavy atom. The minimum absolute atomic E-state index is 0. The van der Waals surface area contributed by atoms with E-state index in [1.807, 2.05) is 0 Å². The topological polar surface area (TPSA) is 101 Å². The molecule has 2 N–H and O–H groups in total. The van der Waals surface area contributed by atoms with Crippen LogP contribution in [0, 0.1) is 49.4 Å². The predicted octanol–water partition coefficient (Wildman–Crippen LogP) is -0.683. The third kappa shape index (κ3) is 17.2. The Bertz CT molecular complexity index is 172. The first-order chi connectivity index (χ1) is 3.42. The second-order valence-electron chi connectivity index (χ2n) is 0.796. The van der Waals surface area contributed by atoms with Gasteiger partial charge in [0.1, 0.15) is 0 Å². The predicted molar refractivity (Wildman–Crippen MR) is 14.5 cm³/mol. The minimum atomic E-state index is -4.78. The van der Waals surface area contributed by atoms with Crippen LogP contribution in [-0.2, 0) is 63.5 Å². The molecule has 10 heavy (non-hydrogen) atoms. The Morgan fingerprint density at radius 2 is 1.60 bits per heavy atom. The van der Waals surface area contributed by atoms with Crippen molar-refractivity contribution in [2.75, 3.05) is 0 Å². The first kappa shape index (κ1) is 18.7. The zero-order valence-electron chi connectivity index (χ0n) is 4.38. The van der Waals surface area contributed by atoms with E-state index in [4.69, 9.17) is 9.79 Å². The van der Waals surface area contributed by atoms with Crippen molar-refractivity contribution in [2.45, 2.75) is 0 Å². The largest absolute Gasteiger partial charge is 0 e. The summed E-state index contributed by atoms with van der Waals surface area (Å²) in [6.07, 6.45) is 0. The maximum absolute atomic E-state index is 9.55. The van der Waals surface area contributed by atoms with Crippen LogP contribution < -0.4 is 0 Å². The molecule has 0 saturated carbocycles. The van der Waals surface area contributed by atoms with Crippen LogP contribution in [0.5, 0.6) is 0 Å². The van der Waals surface area contributed by atoms with E-state index in [1.165, 1.54) is 0 Å². The summed E-state index contributed by atoms with van der Waals surface area (Å²) >= 11 is -4.12. The van der Waals surface area contributed by atoms with E-state index in [0.717, 1.165) is 0 Å². The number of hydrogen-bond acceptors (Lipinski definition) is 4. The first-order valence-electron chi connectivity index (χ1n) is 1.31. The fraction of sp³-hybridized carbons (Fsp3) is 0. The summed E-state index contributed by atoms with van der Waals surface area (Å²) in [5.41, 5.74) is 0. The van der Waals surface area contributed by atoms with Crippen LogP contribution >= 0.6 is 7.82 Å². The van der Waals surface area contributed by atoms with Crippen LogP contribution in [0.3, 0.4) is 0 Å². The van der Waals surface area contributed by atoms with Gasteiger partial charge in [0.2, 0.25) is 0 Å². The molecule has 0 saturated heterocycles. The molecule has 0 rings (SSSR count). The molecule has 0 aromatic carbocycles. The Hall–Kier alpha value is 2.98. The van der Waals surface area contributed by atoms with E-state index >= 15 is 0 Å². The molecule has 0 amide bonds. The molecule has 0 unspecified atom stereocenters. The van der Waals surface area contributed by atoms with Gasteiger partial charge in [0.05, 0.1) is 0 Å². The average Bonchev–Trinajstić information content (AvgIpc) is 1.21. The summed E-state index contributed by atoms with van der Waals surface area (Å²) in [5.74, 6) is 0. The molecule has 0 aromatic heterocycles. The van der Waals surface area contributed by atoms with Crippen molar-refractivity contribution in [3.63, 3.8) is 0 Å². The quantitative estimate of drug-likeness (QED) is 0.574. The standard InChI is InChI=1S/Eu.H3O4P.2O.V.Y/c;1-5(2,3)4;;;;/h;(H3,1,2,3,4);;;;/q;;;;+1;/p-1. The van der Waals surface area contributed by atoms with Gasteiger partial charge in [-0.2, -0.15) is 0 Å². The summed E-state index contributed by atoms with van der Waals surface area (Å²) in [7, 11) is -4.78. The van der Waals surface area contributed by atoms with Gasteiger partial charge in [0.15, 0.2) is 0 Å². The third-order valence-electron chi connectivity index (χ3n) is 0.173. The Morgan fingerprint density at radius 1 is 1.30 bits per heavy atom. The van der Waals surface area contributed by atoms with E-state index in [9.17, 15) is 11.9 Å².